The molecule has 0 aliphatic carbocycles. The first-order valence-electron chi connectivity index (χ1n) is 8.47. The highest BCUT2D eigenvalue weighted by atomic mass is 32.2. The zero-order chi connectivity index (χ0) is 19.7. The Morgan fingerprint density at radius 2 is 1.89 bits per heavy atom. The molecule has 4 rings (SSSR count). The molecule has 0 saturated heterocycles. The van der Waals surface area contributed by atoms with Crippen molar-refractivity contribution in [3.05, 3.63) is 70.6 Å². The molecule has 8 heteroatoms. The highest BCUT2D eigenvalue weighted by Crippen LogP contribution is 2.24. The molecule has 2 aromatic carbocycles. The first-order chi connectivity index (χ1) is 13.5. The minimum Gasteiger partial charge on any atom is -0.422 e. The number of ketones is 1. The van der Waals surface area contributed by atoms with E-state index in [9.17, 15) is 9.59 Å². The molecule has 0 atom stereocenters. The highest BCUT2D eigenvalue weighted by Gasteiger charge is 2.17. The normalized spacial score (nSPS) is 11.0. The molecule has 2 aromatic heterocycles. The van der Waals surface area contributed by atoms with E-state index in [-0.39, 0.29) is 17.1 Å². The lowest BCUT2D eigenvalue weighted by molar-refractivity contribution is 0.101. The first kappa shape index (κ1) is 18.0. The third-order valence-electron chi connectivity index (χ3n) is 4.28. The monoisotopic (exact) mass is 392 g/mol. The van der Waals surface area contributed by atoms with Crippen LogP contribution in [0.4, 0.5) is 5.69 Å². The summed E-state index contributed by atoms with van der Waals surface area (Å²) in [6, 6.07) is 16.0. The van der Waals surface area contributed by atoms with E-state index in [1.807, 2.05) is 25.2 Å². The molecular weight excluding hydrogens is 376 g/mol. The molecule has 2 heterocycles. The molecule has 0 radical (unpaired) electrons. The van der Waals surface area contributed by atoms with Gasteiger partial charge in [-0.05, 0) is 36.4 Å². The number of thioether (sulfide) groups is 1. The second-order valence-corrected chi connectivity index (χ2v) is 7.13. The van der Waals surface area contributed by atoms with Gasteiger partial charge in [0.25, 0.3) is 0 Å². The van der Waals surface area contributed by atoms with Gasteiger partial charge in [-0.25, -0.2) is 4.79 Å². The predicted octanol–water partition coefficient (Wildman–Crippen LogP) is 3.15. The van der Waals surface area contributed by atoms with Gasteiger partial charge in [0.2, 0.25) is 0 Å². The van der Waals surface area contributed by atoms with E-state index in [1.54, 1.807) is 41.0 Å². The standard InChI is InChI=1S/C20H16N4O3S/c1-24-18(12-6-8-14(21)9-7-12)22-23-20(24)28-11-16(25)15-10-13-4-2-3-5-17(13)27-19(15)26/h2-10H,11,21H2,1H3. The van der Waals surface area contributed by atoms with Gasteiger partial charge in [-0.3, -0.25) is 4.79 Å². The van der Waals surface area contributed by atoms with Crippen LogP contribution in [0.15, 0.2) is 69.0 Å². The Morgan fingerprint density at radius 3 is 2.68 bits per heavy atom. The Balaban J connectivity index is 1.53. The van der Waals surface area contributed by atoms with Crippen molar-refractivity contribution in [1.82, 2.24) is 14.8 Å². The molecule has 0 saturated carbocycles. The number of benzene rings is 2. The molecular formula is C20H16N4O3S. The number of fused-ring (bicyclic) bond motifs is 1. The maximum Gasteiger partial charge on any atom is 0.347 e. The van der Waals surface area contributed by atoms with E-state index >= 15 is 0 Å². The number of rotatable bonds is 5. The minimum atomic E-state index is -0.634. The maximum absolute atomic E-state index is 12.6. The Morgan fingerprint density at radius 1 is 1.14 bits per heavy atom. The van der Waals surface area contributed by atoms with Gasteiger partial charge >= 0.3 is 5.63 Å². The summed E-state index contributed by atoms with van der Waals surface area (Å²) < 4.78 is 7.03. The van der Waals surface area contributed by atoms with Crippen molar-refractivity contribution >= 4 is 34.2 Å². The summed E-state index contributed by atoms with van der Waals surface area (Å²) in [5.74, 6) is 0.401. The lowest BCUT2D eigenvalue weighted by Gasteiger charge is -2.04. The topological polar surface area (TPSA) is 104 Å². The van der Waals surface area contributed by atoms with E-state index in [2.05, 4.69) is 10.2 Å². The number of hydrogen-bond donors (Lipinski definition) is 1. The summed E-state index contributed by atoms with van der Waals surface area (Å²) in [5, 5.41) is 9.61. The molecule has 0 fully saturated rings. The van der Waals surface area contributed by atoms with Gasteiger partial charge in [0.15, 0.2) is 16.8 Å². The van der Waals surface area contributed by atoms with E-state index in [4.69, 9.17) is 10.2 Å². The van der Waals surface area contributed by atoms with Gasteiger partial charge < -0.3 is 14.7 Å². The summed E-state index contributed by atoms with van der Waals surface area (Å²) in [5.41, 5.74) is 7.11. The number of carbonyl (C=O) groups excluding carboxylic acids is 1. The number of nitrogen functional groups attached to an aromatic ring is 1. The van der Waals surface area contributed by atoms with E-state index in [0.29, 0.717) is 27.6 Å². The quantitative estimate of drug-likeness (QED) is 0.241. The molecule has 140 valence electrons. The van der Waals surface area contributed by atoms with Crippen LogP contribution in [0.1, 0.15) is 10.4 Å². The van der Waals surface area contributed by atoms with Crippen LogP contribution >= 0.6 is 11.8 Å². The van der Waals surface area contributed by atoms with Crippen molar-refractivity contribution < 1.29 is 9.21 Å². The van der Waals surface area contributed by atoms with Gasteiger partial charge in [0.1, 0.15) is 11.1 Å². The fourth-order valence-corrected chi connectivity index (χ4v) is 3.58. The average molecular weight is 392 g/mol. The van der Waals surface area contributed by atoms with Crippen LogP contribution in [0.25, 0.3) is 22.4 Å². The molecule has 0 spiro atoms. The van der Waals surface area contributed by atoms with Crippen molar-refractivity contribution in [1.29, 1.82) is 0 Å². The molecule has 0 bridgehead atoms. The molecule has 0 aliphatic heterocycles. The van der Waals surface area contributed by atoms with Crippen LogP contribution in [-0.4, -0.2) is 26.3 Å². The van der Waals surface area contributed by atoms with Crippen molar-refractivity contribution in [3.63, 3.8) is 0 Å². The molecule has 28 heavy (non-hydrogen) atoms. The number of anilines is 1. The fourth-order valence-electron chi connectivity index (χ4n) is 2.79. The smallest absolute Gasteiger partial charge is 0.347 e. The van der Waals surface area contributed by atoms with E-state index < -0.39 is 5.63 Å². The Labute approximate surface area is 164 Å². The number of nitrogens with two attached hydrogens (primary N) is 1. The maximum atomic E-state index is 12.6. The van der Waals surface area contributed by atoms with Crippen molar-refractivity contribution in [2.75, 3.05) is 11.5 Å². The third kappa shape index (κ3) is 3.41. The van der Waals surface area contributed by atoms with Crippen LogP contribution in [0, 0.1) is 0 Å². The summed E-state index contributed by atoms with van der Waals surface area (Å²) in [4.78, 5) is 24.7. The number of nitrogens with zero attached hydrogens (tertiary/aromatic N) is 3. The number of aromatic nitrogens is 3. The number of carbonyl (C=O) groups is 1. The van der Waals surface area contributed by atoms with Crippen molar-refractivity contribution in [2.24, 2.45) is 7.05 Å². The van der Waals surface area contributed by atoms with Crippen LogP contribution in [-0.2, 0) is 7.05 Å². The summed E-state index contributed by atoms with van der Waals surface area (Å²) in [6.45, 7) is 0. The van der Waals surface area contributed by atoms with Gasteiger partial charge in [-0.15, -0.1) is 10.2 Å². The molecule has 0 aliphatic rings. The number of hydrogen-bond acceptors (Lipinski definition) is 7. The van der Waals surface area contributed by atoms with Gasteiger partial charge in [0.05, 0.1) is 5.75 Å². The van der Waals surface area contributed by atoms with Crippen molar-refractivity contribution in [2.45, 2.75) is 5.16 Å². The summed E-state index contributed by atoms with van der Waals surface area (Å²) in [6.07, 6.45) is 0. The van der Waals surface area contributed by atoms with E-state index in [0.717, 1.165) is 5.56 Å². The Bertz CT molecular complexity index is 1230. The predicted molar refractivity (Wildman–Crippen MR) is 108 cm³/mol. The van der Waals surface area contributed by atoms with Gasteiger partial charge in [0, 0.05) is 23.7 Å². The summed E-state index contributed by atoms with van der Waals surface area (Å²) >= 11 is 1.22. The van der Waals surface area contributed by atoms with Crippen LogP contribution in [0.2, 0.25) is 0 Å². The molecule has 2 N–H and O–H groups in total. The average Bonchev–Trinajstić information content (AvgIpc) is 3.06. The third-order valence-corrected chi connectivity index (χ3v) is 5.30. The Hall–Kier alpha value is -3.39. The SMILES string of the molecule is Cn1c(SCC(=O)c2cc3ccccc3oc2=O)nnc1-c1ccc(N)cc1. The molecule has 7 nitrogen and oxygen atoms in total. The van der Waals surface area contributed by atoms with E-state index in [1.165, 1.54) is 11.8 Å². The van der Waals surface area contributed by atoms with Crippen LogP contribution in [0.5, 0.6) is 0 Å². The first-order valence-corrected chi connectivity index (χ1v) is 9.45. The second-order valence-electron chi connectivity index (χ2n) is 6.18. The number of Topliss-reactive ketones (excluding diaryl/α,β-unsaturated/α-hetero) is 1. The minimum absolute atomic E-state index is 0.0344. The largest absolute Gasteiger partial charge is 0.422 e. The molecule has 0 unspecified atom stereocenters. The molecule has 4 aromatic rings. The van der Waals surface area contributed by atoms with Gasteiger partial charge in [-0.1, -0.05) is 30.0 Å². The van der Waals surface area contributed by atoms with Crippen molar-refractivity contribution in [3.8, 4) is 11.4 Å². The summed E-state index contributed by atoms with van der Waals surface area (Å²) in [7, 11) is 1.82. The number of para-hydroxylation sites is 1. The van der Waals surface area contributed by atoms with Crippen LogP contribution < -0.4 is 11.4 Å². The zero-order valence-electron chi connectivity index (χ0n) is 15.0. The second kappa shape index (κ2) is 7.32. The lowest BCUT2D eigenvalue weighted by atomic mass is 10.1. The van der Waals surface area contributed by atoms with Gasteiger partial charge in [-0.2, -0.15) is 0 Å². The molecule has 0 amide bonds. The zero-order valence-corrected chi connectivity index (χ0v) is 15.8. The lowest BCUT2D eigenvalue weighted by Crippen LogP contribution is -2.15. The highest BCUT2D eigenvalue weighted by molar-refractivity contribution is 7.99. The van der Waals surface area contributed by atoms with Crippen LogP contribution in [0.3, 0.4) is 0 Å². The fraction of sp³-hybridized carbons (Fsp3) is 0.100. The Kier molecular flexibility index (Phi) is 4.70.